The molecule has 1 aliphatic carbocycles. The van der Waals surface area contributed by atoms with Crippen molar-refractivity contribution >= 4 is 6.09 Å². The minimum Gasteiger partial charge on any atom is -0.456 e. The molecule has 25 heavy (non-hydrogen) atoms. The molecule has 128 valence electrons. The van der Waals surface area contributed by atoms with Crippen LogP contribution in [0.1, 0.15) is 26.3 Å². The van der Waals surface area contributed by atoms with Crippen molar-refractivity contribution in [3.8, 4) is 22.6 Å². The number of carbonyl (C=O) groups excluding carboxylic acids is 1. The summed E-state index contributed by atoms with van der Waals surface area (Å²) in [4.78, 5) is 15.9. The zero-order chi connectivity index (χ0) is 18.0. The Hall–Kier alpha value is -2.88. The zero-order valence-electron chi connectivity index (χ0n) is 14.9. The van der Waals surface area contributed by atoms with Crippen molar-refractivity contribution in [2.75, 3.05) is 0 Å². The monoisotopic (exact) mass is 335 g/mol. The molecule has 1 aliphatic heterocycles. The fourth-order valence-electron chi connectivity index (χ4n) is 2.55. The minimum atomic E-state index is -0.609. The predicted octanol–water partition coefficient (Wildman–Crippen LogP) is 5.20. The van der Waals surface area contributed by atoms with Gasteiger partial charge in [-0.05, 0) is 51.5 Å². The number of nitrogens with zero attached hydrogens (tertiary/aromatic N) is 1. The number of aryl methyl sites for hydroxylation is 1. The van der Waals surface area contributed by atoms with Crippen LogP contribution in [0.4, 0.5) is 4.79 Å². The highest BCUT2D eigenvalue weighted by atomic mass is 16.6. The summed E-state index contributed by atoms with van der Waals surface area (Å²) < 4.78 is 11.3. The van der Waals surface area contributed by atoms with Gasteiger partial charge in [-0.2, -0.15) is 4.99 Å². The van der Waals surface area contributed by atoms with Crippen LogP contribution in [-0.4, -0.2) is 11.7 Å². The molecule has 0 spiro atoms. The van der Waals surface area contributed by atoms with Gasteiger partial charge in [0.25, 0.3) is 0 Å². The van der Waals surface area contributed by atoms with E-state index >= 15 is 0 Å². The van der Waals surface area contributed by atoms with Crippen molar-refractivity contribution in [2.45, 2.75) is 33.3 Å². The van der Waals surface area contributed by atoms with Crippen LogP contribution >= 0.6 is 0 Å². The average Bonchev–Trinajstić information content (AvgIpc) is 2.53. The van der Waals surface area contributed by atoms with E-state index in [9.17, 15) is 4.79 Å². The van der Waals surface area contributed by atoms with Gasteiger partial charge in [-0.3, -0.25) is 0 Å². The van der Waals surface area contributed by atoms with Gasteiger partial charge in [-0.25, -0.2) is 4.79 Å². The molecule has 0 saturated carbocycles. The van der Waals surface area contributed by atoms with Gasteiger partial charge in [-0.1, -0.05) is 30.3 Å². The van der Waals surface area contributed by atoms with E-state index in [4.69, 9.17) is 9.15 Å². The number of amides is 1. The summed E-state index contributed by atoms with van der Waals surface area (Å²) in [7, 11) is 0. The second-order valence-corrected chi connectivity index (χ2v) is 6.93. The maximum Gasteiger partial charge on any atom is 0.434 e. The third-order valence-electron chi connectivity index (χ3n) is 3.63. The Kier molecular flexibility index (Phi) is 4.45. The third-order valence-corrected chi connectivity index (χ3v) is 3.63. The van der Waals surface area contributed by atoms with Crippen LogP contribution in [-0.2, 0) is 4.74 Å². The molecule has 1 aromatic carbocycles. The topological polar surface area (TPSA) is 51.8 Å². The largest absolute Gasteiger partial charge is 0.456 e. The van der Waals surface area contributed by atoms with E-state index in [2.05, 4.69) is 4.99 Å². The van der Waals surface area contributed by atoms with Gasteiger partial charge in [0, 0.05) is 17.2 Å². The number of ether oxygens (including phenoxy) is 1. The van der Waals surface area contributed by atoms with Crippen LogP contribution in [0.15, 0.2) is 64.0 Å². The lowest BCUT2D eigenvalue weighted by atomic mass is 10.0. The first-order chi connectivity index (χ1) is 11.8. The summed E-state index contributed by atoms with van der Waals surface area (Å²) in [5, 5.41) is 0.509. The Balaban J connectivity index is 2.05. The van der Waals surface area contributed by atoms with Gasteiger partial charge in [0.2, 0.25) is 0 Å². The summed E-state index contributed by atoms with van der Waals surface area (Å²) >= 11 is 0. The fourth-order valence-corrected chi connectivity index (χ4v) is 2.55. The Morgan fingerprint density at radius 3 is 2.40 bits per heavy atom. The first kappa shape index (κ1) is 17.0. The van der Waals surface area contributed by atoms with Crippen LogP contribution in [0.25, 0.3) is 22.6 Å². The number of rotatable bonds is 1. The highest BCUT2D eigenvalue weighted by Crippen LogP contribution is 2.30. The maximum absolute atomic E-state index is 11.9. The SMILES string of the molecule is Cc1cc(-c2ccccc2)oc2c/c(=N/C(=O)OC(C)(C)C)ccc1-2. The molecule has 4 nitrogen and oxygen atoms in total. The lowest BCUT2D eigenvalue weighted by Gasteiger charge is -2.17. The molecule has 1 heterocycles. The Labute approximate surface area is 147 Å². The Morgan fingerprint density at radius 1 is 1.00 bits per heavy atom. The van der Waals surface area contributed by atoms with Crippen molar-refractivity contribution in [1.82, 2.24) is 0 Å². The predicted molar refractivity (Wildman–Crippen MR) is 97.3 cm³/mol. The minimum absolute atomic E-state index is 0.509. The first-order valence-electron chi connectivity index (χ1n) is 8.19. The van der Waals surface area contributed by atoms with Crippen LogP contribution in [0.3, 0.4) is 0 Å². The van der Waals surface area contributed by atoms with Crippen LogP contribution in [0, 0.1) is 6.92 Å². The van der Waals surface area contributed by atoms with Crippen LogP contribution < -0.4 is 5.36 Å². The molecule has 0 unspecified atom stereocenters. The van der Waals surface area contributed by atoms with Crippen molar-refractivity contribution in [2.24, 2.45) is 4.99 Å². The normalized spacial score (nSPS) is 12.4. The van der Waals surface area contributed by atoms with E-state index in [1.165, 1.54) is 0 Å². The quantitative estimate of drug-likeness (QED) is 0.614. The smallest absolute Gasteiger partial charge is 0.434 e. The number of benzene rings is 2. The standard InChI is InChI=1S/C21H21NO3/c1-14-12-18(15-8-6-5-7-9-15)24-19-13-16(10-11-17(14)19)22-20(23)25-21(2,3)4/h5-13H,1-4H3/b22-16+. The van der Waals surface area contributed by atoms with Gasteiger partial charge in [0.05, 0.1) is 5.36 Å². The van der Waals surface area contributed by atoms with Crippen molar-refractivity contribution in [3.63, 3.8) is 0 Å². The number of hydrogen-bond acceptors (Lipinski definition) is 3. The van der Waals surface area contributed by atoms with E-state index in [-0.39, 0.29) is 0 Å². The van der Waals surface area contributed by atoms with Crippen LogP contribution in [0.5, 0.6) is 0 Å². The van der Waals surface area contributed by atoms with Gasteiger partial charge in [-0.15, -0.1) is 0 Å². The zero-order valence-corrected chi connectivity index (χ0v) is 14.9. The van der Waals surface area contributed by atoms with Gasteiger partial charge in [0.15, 0.2) is 0 Å². The number of hydrogen-bond donors (Lipinski definition) is 0. The Bertz CT molecular complexity index is 933. The molecular weight excluding hydrogens is 314 g/mol. The first-order valence-corrected chi connectivity index (χ1v) is 8.19. The molecular formula is C21H21NO3. The van der Waals surface area contributed by atoms with Crippen LogP contribution in [0.2, 0.25) is 0 Å². The molecule has 0 saturated heterocycles. The molecule has 0 N–H and O–H groups in total. The molecule has 2 aliphatic rings. The highest BCUT2D eigenvalue weighted by Gasteiger charge is 2.16. The summed E-state index contributed by atoms with van der Waals surface area (Å²) in [5.41, 5.74) is 2.52. The summed E-state index contributed by atoms with van der Waals surface area (Å²) in [6.07, 6.45) is -0.609. The molecule has 0 aromatic heterocycles. The van der Waals surface area contributed by atoms with E-state index < -0.39 is 11.7 Å². The summed E-state index contributed by atoms with van der Waals surface area (Å²) in [6.45, 7) is 7.47. The molecule has 1 amide bonds. The molecule has 1 aromatic rings. The number of fused-ring (bicyclic) bond motifs is 1. The second-order valence-electron chi connectivity index (χ2n) is 6.93. The lowest BCUT2D eigenvalue weighted by molar-refractivity contribution is 0.0597. The fraction of sp³-hybridized carbons (Fsp3) is 0.238. The summed E-state index contributed by atoms with van der Waals surface area (Å²) in [5.74, 6) is 1.46. The second kappa shape index (κ2) is 6.55. The Morgan fingerprint density at radius 2 is 1.72 bits per heavy atom. The number of carbonyl (C=O) groups is 1. The maximum atomic E-state index is 11.9. The van der Waals surface area contributed by atoms with Crippen molar-refractivity contribution in [1.29, 1.82) is 0 Å². The third kappa shape index (κ3) is 4.15. The molecule has 3 rings (SSSR count). The summed E-state index contributed by atoms with van der Waals surface area (Å²) in [6, 6.07) is 17.4. The molecule has 4 heteroatoms. The van der Waals surface area contributed by atoms with Gasteiger partial charge >= 0.3 is 6.09 Å². The van der Waals surface area contributed by atoms with Gasteiger partial charge < -0.3 is 9.15 Å². The van der Waals surface area contributed by atoms with Gasteiger partial charge in [0.1, 0.15) is 17.1 Å². The molecule has 0 radical (unpaired) electrons. The highest BCUT2D eigenvalue weighted by molar-refractivity contribution is 5.71. The van der Waals surface area contributed by atoms with E-state index in [0.29, 0.717) is 11.1 Å². The molecule has 0 fully saturated rings. The molecule has 0 atom stereocenters. The lowest BCUT2D eigenvalue weighted by Crippen LogP contribution is -2.23. The van der Waals surface area contributed by atoms with Crippen molar-refractivity contribution in [3.05, 3.63) is 65.5 Å². The van der Waals surface area contributed by atoms with E-state index in [1.807, 2.05) is 70.2 Å². The van der Waals surface area contributed by atoms with E-state index in [1.54, 1.807) is 12.1 Å². The average molecular weight is 335 g/mol. The van der Waals surface area contributed by atoms with Crippen molar-refractivity contribution < 1.29 is 13.9 Å². The molecule has 0 bridgehead atoms. The van der Waals surface area contributed by atoms with E-state index in [0.717, 1.165) is 22.5 Å².